The van der Waals surface area contributed by atoms with Crippen LogP contribution in [0.2, 0.25) is 0 Å². The number of ketones is 1. The Morgan fingerprint density at radius 2 is 1.78 bits per heavy atom. The lowest BCUT2D eigenvalue weighted by Crippen LogP contribution is -2.66. The summed E-state index contributed by atoms with van der Waals surface area (Å²) in [7, 11) is 0. The van der Waals surface area contributed by atoms with Crippen LogP contribution in [-0.4, -0.2) is 28.2 Å². The Bertz CT molecular complexity index is 541. The lowest BCUT2D eigenvalue weighted by Gasteiger charge is -2.69. The quantitative estimate of drug-likeness (QED) is 0.779. The lowest BCUT2D eigenvalue weighted by atomic mass is 9.36. The molecule has 130 valence electrons. The van der Waals surface area contributed by atoms with Crippen LogP contribution < -0.4 is 0 Å². The number of fused-ring (bicyclic) bond motifs is 3. The summed E-state index contributed by atoms with van der Waals surface area (Å²) in [6, 6.07) is 0. The molecule has 2 N–H and O–H groups in total. The monoisotopic (exact) mass is 320 g/mol. The van der Waals surface area contributed by atoms with Crippen molar-refractivity contribution in [3.63, 3.8) is 0 Å². The molecule has 0 amide bonds. The van der Waals surface area contributed by atoms with Gasteiger partial charge in [0.05, 0.1) is 12.2 Å². The van der Waals surface area contributed by atoms with E-state index in [-0.39, 0.29) is 28.8 Å². The molecule has 1 spiro atoms. The molecule has 0 saturated heterocycles. The number of aliphatic hydroxyl groups excluding tert-OH is 1. The summed E-state index contributed by atoms with van der Waals surface area (Å²) in [5.74, 6) is 1.79. The van der Waals surface area contributed by atoms with Gasteiger partial charge in [-0.05, 0) is 73.5 Å². The molecule has 6 atom stereocenters. The first kappa shape index (κ1) is 16.1. The molecule has 5 aliphatic carbocycles. The van der Waals surface area contributed by atoms with Crippen LogP contribution in [0.25, 0.3) is 0 Å². The Balaban J connectivity index is 1.73. The topological polar surface area (TPSA) is 57.5 Å². The van der Waals surface area contributed by atoms with Crippen molar-refractivity contribution in [1.82, 2.24) is 0 Å². The summed E-state index contributed by atoms with van der Waals surface area (Å²) >= 11 is 0. The molecule has 2 bridgehead atoms. The van der Waals surface area contributed by atoms with Crippen molar-refractivity contribution in [3.05, 3.63) is 0 Å². The second-order valence-corrected chi connectivity index (χ2v) is 10.1. The van der Waals surface area contributed by atoms with Gasteiger partial charge in [-0.3, -0.25) is 4.79 Å². The summed E-state index contributed by atoms with van der Waals surface area (Å²) < 4.78 is 0. The Hall–Kier alpha value is -0.410. The fourth-order valence-corrected chi connectivity index (χ4v) is 7.72. The molecular formula is C20H32O3. The van der Waals surface area contributed by atoms with Gasteiger partial charge in [0, 0.05) is 11.8 Å². The molecule has 0 aromatic carbocycles. The van der Waals surface area contributed by atoms with E-state index in [1.165, 1.54) is 6.42 Å². The first-order chi connectivity index (χ1) is 10.7. The van der Waals surface area contributed by atoms with E-state index in [1.54, 1.807) is 0 Å². The maximum atomic E-state index is 12.5. The zero-order chi connectivity index (χ0) is 16.7. The van der Waals surface area contributed by atoms with Crippen LogP contribution >= 0.6 is 0 Å². The van der Waals surface area contributed by atoms with Crippen molar-refractivity contribution in [2.24, 2.45) is 34.0 Å². The molecule has 0 aromatic rings. The van der Waals surface area contributed by atoms with Gasteiger partial charge in [-0.1, -0.05) is 20.8 Å². The van der Waals surface area contributed by atoms with E-state index in [0.29, 0.717) is 17.6 Å². The Morgan fingerprint density at radius 3 is 2.48 bits per heavy atom. The summed E-state index contributed by atoms with van der Waals surface area (Å²) in [5, 5.41) is 20.7. The molecule has 0 aromatic heterocycles. The van der Waals surface area contributed by atoms with E-state index in [2.05, 4.69) is 20.8 Å². The molecule has 5 fully saturated rings. The average Bonchev–Trinajstić information content (AvgIpc) is 2.51. The zero-order valence-electron chi connectivity index (χ0n) is 14.9. The minimum absolute atomic E-state index is 0.0870. The highest BCUT2D eigenvalue weighted by Crippen LogP contribution is 2.72. The number of rotatable bonds is 1. The number of hydrogen-bond donors (Lipinski definition) is 2. The van der Waals surface area contributed by atoms with E-state index >= 15 is 0 Å². The van der Waals surface area contributed by atoms with Gasteiger partial charge in [0.1, 0.15) is 5.78 Å². The Labute approximate surface area is 139 Å². The number of Topliss-reactive ketones (excluding diaryl/α,β-unsaturated/α-hetero) is 1. The first-order valence-electron chi connectivity index (χ1n) is 9.55. The van der Waals surface area contributed by atoms with Gasteiger partial charge in [-0.25, -0.2) is 0 Å². The second kappa shape index (κ2) is 4.60. The normalized spacial score (nSPS) is 54.5. The highest BCUT2D eigenvalue weighted by atomic mass is 16.3. The van der Waals surface area contributed by atoms with Crippen molar-refractivity contribution in [2.75, 3.05) is 6.61 Å². The van der Waals surface area contributed by atoms with Crippen LogP contribution in [0, 0.1) is 34.0 Å². The van der Waals surface area contributed by atoms with Gasteiger partial charge in [0.25, 0.3) is 0 Å². The molecule has 0 unspecified atom stereocenters. The van der Waals surface area contributed by atoms with E-state index in [0.717, 1.165) is 44.9 Å². The van der Waals surface area contributed by atoms with E-state index in [4.69, 9.17) is 0 Å². The Morgan fingerprint density at radius 1 is 1.09 bits per heavy atom. The minimum Gasteiger partial charge on any atom is -0.393 e. The van der Waals surface area contributed by atoms with Gasteiger partial charge in [0.15, 0.2) is 0 Å². The second-order valence-electron chi connectivity index (χ2n) is 10.1. The minimum atomic E-state index is -0.849. The van der Waals surface area contributed by atoms with Crippen molar-refractivity contribution < 1.29 is 15.0 Å². The van der Waals surface area contributed by atoms with Crippen LogP contribution in [0.4, 0.5) is 0 Å². The van der Waals surface area contributed by atoms with Crippen LogP contribution in [0.15, 0.2) is 0 Å². The third kappa shape index (κ3) is 1.87. The maximum Gasteiger partial charge on any atom is 0.138 e. The van der Waals surface area contributed by atoms with Crippen molar-refractivity contribution in [3.8, 4) is 0 Å². The van der Waals surface area contributed by atoms with Gasteiger partial charge in [-0.2, -0.15) is 0 Å². The number of carbonyl (C=O) groups excluding carboxylic acids is 1. The molecule has 0 heterocycles. The molecule has 0 aliphatic heterocycles. The molecule has 5 saturated carbocycles. The summed E-state index contributed by atoms with van der Waals surface area (Å²) in [6.07, 6.45) is 8.09. The summed E-state index contributed by atoms with van der Waals surface area (Å²) in [6.45, 7) is 6.69. The average molecular weight is 320 g/mol. The van der Waals surface area contributed by atoms with Crippen LogP contribution in [0.5, 0.6) is 0 Å². The van der Waals surface area contributed by atoms with Gasteiger partial charge in [-0.15, -0.1) is 0 Å². The third-order valence-corrected chi connectivity index (χ3v) is 8.95. The summed E-state index contributed by atoms with van der Waals surface area (Å²) in [5.41, 5.74) is -0.615. The van der Waals surface area contributed by atoms with Crippen LogP contribution in [0.3, 0.4) is 0 Å². The molecule has 23 heavy (non-hydrogen) atoms. The first-order valence-corrected chi connectivity index (χ1v) is 9.55. The molecule has 3 nitrogen and oxygen atoms in total. The van der Waals surface area contributed by atoms with E-state index < -0.39 is 5.60 Å². The standard InChI is InChI=1S/C20H32O3/c1-17(2)14-5-9-19-8-4-13(20(23,11-19)12-21)10-15(19)18(14,3)7-6-16(17)22/h13-15,21,23H,4-12H2,1-3H3/t13-,14+,15-,18+,19+,20+/m0/s1. The zero-order valence-corrected chi connectivity index (χ0v) is 14.9. The highest BCUT2D eigenvalue weighted by Gasteiger charge is 2.67. The fraction of sp³-hybridized carbons (Fsp3) is 0.950. The van der Waals surface area contributed by atoms with E-state index in [9.17, 15) is 15.0 Å². The molecule has 3 heteroatoms. The molecule has 0 radical (unpaired) electrons. The van der Waals surface area contributed by atoms with Gasteiger partial charge >= 0.3 is 0 Å². The highest BCUT2D eigenvalue weighted by molar-refractivity contribution is 5.85. The summed E-state index contributed by atoms with van der Waals surface area (Å²) in [4.78, 5) is 12.5. The van der Waals surface area contributed by atoms with Crippen LogP contribution in [-0.2, 0) is 4.79 Å². The fourth-order valence-electron chi connectivity index (χ4n) is 7.72. The van der Waals surface area contributed by atoms with Crippen molar-refractivity contribution in [2.45, 2.75) is 77.7 Å². The number of hydrogen-bond acceptors (Lipinski definition) is 3. The predicted molar refractivity (Wildman–Crippen MR) is 88.8 cm³/mol. The van der Waals surface area contributed by atoms with Crippen LogP contribution in [0.1, 0.15) is 72.1 Å². The maximum absolute atomic E-state index is 12.5. The SMILES string of the molecule is CC1(C)C(=O)CC[C@]2(C)[C@@H]1CC[C@@]13CC[C@@H](C[C@H]12)[C@](O)(CO)C3. The molecular weight excluding hydrogens is 288 g/mol. The third-order valence-electron chi connectivity index (χ3n) is 8.95. The number of carbonyl (C=O) groups is 1. The number of aliphatic hydroxyl groups is 2. The lowest BCUT2D eigenvalue weighted by molar-refractivity contribution is -0.240. The Kier molecular flexibility index (Phi) is 3.22. The van der Waals surface area contributed by atoms with Gasteiger partial charge in [0.2, 0.25) is 0 Å². The molecule has 5 rings (SSSR count). The van der Waals surface area contributed by atoms with Crippen molar-refractivity contribution in [1.29, 1.82) is 0 Å². The van der Waals surface area contributed by atoms with E-state index in [1.807, 2.05) is 0 Å². The predicted octanol–water partition coefficient (Wildman–Crippen LogP) is 3.32. The molecule has 5 aliphatic rings. The van der Waals surface area contributed by atoms with Crippen molar-refractivity contribution >= 4 is 5.78 Å². The smallest absolute Gasteiger partial charge is 0.138 e. The van der Waals surface area contributed by atoms with Gasteiger partial charge < -0.3 is 10.2 Å². The largest absolute Gasteiger partial charge is 0.393 e.